The maximum absolute atomic E-state index is 4.31. The zero-order chi connectivity index (χ0) is 17.1. The van der Waals surface area contributed by atoms with Crippen LogP contribution in [0.4, 0.5) is 5.69 Å². The number of piperidine rings is 1. The van der Waals surface area contributed by atoms with Crippen LogP contribution in [0.5, 0.6) is 0 Å². The number of rotatable bonds is 4. The van der Waals surface area contributed by atoms with E-state index in [2.05, 4.69) is 49.9 Å². The predicted octanol–water partition coefficient (Wildman–Crippen LogP) is 2.63. The van der Waals surface area contributed by atoms with Crippen LogP contribution >= 0.6 is 0 Å². The molecule has 0 saturated carbocycles. The lowest BCUT2D eigenvalue weighted by Gasteiger charge is -2.38. The Morgan fingerprint density at radius 1 is 1.08 bits per heavy atom. The largest absolute Gasteiger partial charge is 0.369 e. The van der Waals surface area contributed by atoms with E-state index < -0.39 is 0 Å². The Hall–Kier alpha value is -1.72. The molecule has 1 aromatic carbocycles. The summed E-state index contributed by atoms with van der Waals surface area (Å²) >= 11 is 0. The summed E-state index contributed by atoms with van der Waals surface area (Å²) in [6.45, 7) is 7.08. The van der Waals surface area contributed by atoms with E-state index >= 15 is 0 Å². The first kappa shape index (κ1) is 16.7. The first-order chi connectivity index (χ1) is 12.3. The average molecular weight is 339 g/mol. The van der Waals surface area contributed by atoms with Crippen LogP contribution < -0.4 is 4.90 Å². The van der Waals surface area contributed by atoms with Crippen molar-refractivity contribution in [2.24, 2.45) is 0 Å². The average Bonchev–Trinajstić information content (AvgIpc) is 2.67. The molecule has 0 aliphatic carbocycles. The molecule has 4 rings (SSSR count). The van der Waals surface area contributed by atoms with Crippen molar-refractivity contribution in [3.05, 3.63) is 30.7 Å². The lowest BCUT2D eigenvalue weighted by molar-refractivity contribution is 0.151. The van der Waals surface area contributed by atoms with Crippen molar-refractivity contribution in [2.75, 3.05) is 51.2 Å². The molecule has 2 aromatic rings. The van der Waals surface area contributed by atoms with Gasteiger partial charge in [0.05, 0.1) is 5.52 Å². The summed E-state index contributed by atoms with van der Waals surface area (Å²) in [5.41, 5.74) is 2.32. The Kier molecular flexibility index (Phi) is 5.13. The van der Waals surface area contributed by atoms with Gasteiger partial charge in [0.2, 0.25) is 0 Å². The highest BCUT2D eigenvalue weighted by atomic mass is 15.3. The normalized spacial score (nSPS) is 23.2. The number of likely N-dealkylation sites (tertiary alicyclic amines) is 1. The number of nitrogens with zero attached hydrogens (tertiary/aromatic N) is 5. The van der Waals surface area contributed by atoms with Crippen molar-refractivity contribution in [1.29, 1.82) is 0 Å². The molecule has 1 aromatic heterocycles. The number of hydrogen-bond donors (Lipinski definition) is 0. The highest BCUT2D eigenvalue weighted by Gasteiger charge is 2.22. The van der Waals surface area contributed by atoms with Gasteiger partial charge >= 0.3 is 0 Å². The molecule has 134 valence electrons. The minimum Gasteiger partial charge on any atom is -0.369 e. The lowest BCUT2D eigenvalue weighted by Crippen LogP contribution is -2.48. The van der Waals surface area contributed by atoms with E-state index in [1.165, 1.54) is 57.5 Å². The van der Waals surface area contributed by atoms with Crippen molar-refractivity contribution in [3.63, 3.8) is 0 Å². The highest BCUT2D eigenvalue weighted by Crippen LogP contribution is 2.22. The van der Waals surface area contributed by atoms with Gasteiger partial charge < -0.3 is 9.80 Å². The van der Waals surface area contributed by atoms with Gasteiger partial charge in [-0.05, 0) is 57.6 Å². The van der Waals surface area contributed by atoms with Crippen LogP contribution in [0, 0.1) is 0 Å². The zero-order valence-electron chi connectivity index (χ0n) is 15.3. The predicted molar refractivity (Wildman–Crippen MR) is 103 cm³/mol. The Morgan fingerprint density at radius 2 is 1.96 bits per heavy atom. The number of hydrogen-bond acceptors (Lipinski definition) is 5. The molecule has 2 saturated heterocycles. The van der Waals surface area contributed by atoms with E-state index in [0.29, 0.717) is 0 Å². The van der Waals surface area contributed by atoms with Crippen LogP contribution in [0.15, 0.2) is 30.7 Å². The second kappa shape index (κ2) is 7.67. The monoisotopic (exact) mass is 339 g/mol. The van der Waals surface area contributed by atoms with Gasteiger partial charge in [-0.1, -0.05) is 6.42 Å². The van der Waals surface area contributed by atoms with Gasteiger partial charge in [0.25, 0.3) is 0 Å². The second-order valence-corrected chi connectivity index (χ2v) is 7.51. The maximum atomic E-state index is 4.31. The van der Waals surface area contributed by atoms with Crippen molar-refractivity contribution >= 4 is 16.6 Å². The van der Waals surface area contributed by atoms with Gasteiger partial charge in [-0.15, -0.1) is 0 Å². The van der Waals surface area contributed by atoms with Crippen LogP contribution in [-0.4, -0.2) is 72.1 Å². The van der Waals surface area contributed by atoms with E-state index in [0.717, 1.165) is 30.0 Å². The molecule has 1 unspecified atom stereocenters. The van der Waals surface area contributed by atoms with Crippen LogP contribution in [-0.2, 0) is 0 Å². The maximum Gasteiger partial charge on any atom is 0.116 e. The second-order valence-electron chi connectivity index (χ2n) is 7.51. The SMILES string of the molecule is CN1CCCCC1CCN1CCN(c2ccc3ncncc3c2)CC1. The summed E-state index contributed by atoms with van der Waals surface area (Å²) in [6.07, 6.45) is 9.02. The molecule has 2 aliphatic heterocycles. The molecule has 0 amide bonds. The van der Waals surface area contributed by atoms with Gasteiger partial charge in [-0.25, -0.2) is 9.97 Å². The summed E-state index contributed by atoms with van der Waals surface area (Å²) in [5, 5.41) is 1.13. The molecule has 0 N–H and O–H groups in total. The number of anilines is 1. The van der Waals surface area contributed by atoms with E-state index in [1.807, 2.05) is 6.20 Å². The summed E-state index contributed by atoms with van der Waals surface area (Å²) in [6, 6.07) is 7.33. The van der Waals surface area contributed by atoms with E-state index in [-0.39, 0.29) is 0 Å². The van der Waals surface area contributed by atoms with Crippen LogP contribution in [0.25, 0.3) is 10.9 Å². The Morgan fingerprint density at radius 3 is 2.80 bits per heavy atom. The minimum absolute atomic E-state index is 0.798. The molecule has 1 atom stereocenters. The van der Waals surface area contributed by atoms with Gasteiger partial charge in [0.15, 0.2) is 0 Å². The molecule has 5 nitrogen and oxygen atoms in total. The first-order valence-electron chi connectivity index (χ1n) is 9.67. The standard InChI is InChI=1S/C20H29N5/c1-23-8-3-2-4-18(23)7-9-24-10-12-25(13-11-24)19-5-6-20-17(14-19)15-21-16-22-20/h5-6,14-16,18H,2-4,7-13H2,1H3. The zero-order valence-corrected chi connectivity index (χ0v) is 15.3. The van der Waals surface area contributed by atoms with Crippen molar-refractivity contribution in [2.45, 2.75) is 31.7 Å². The fourth-order valence-electron chi connectivity index (χ4n) is 4.24. The molecule has 0 bridgehead atoms. The first-order valence-corrected chi connectivity index (χ1v) is 9.67. The lowest BCUT2D eigenvalue weighted by atomic mass is 10.00. The summed E-state index contributed by atoms with van der Waals surface area (Å²) in [5.74, 6) is 0. The smallest absolute Gasteiger partial charge is 0.116 e. The Bertz CT molecular complexity index is 695. The van der Waals surface area contributed by atoms with Crippen molar-refractivity contribution < 1.29 is 0 Å². The highest BCUT2D eigenvalue weighted by molar-refractivity contribution is 5.81. The topological polar surface area (TPSA) is 35.5 Å². The van der Waals surface area contributed by atoms with Crippen LogP contribution in [0.3, 0.4) is 0 Å². The summed E-state index contributed by atoms with van der Waals surface area (Å²) in [7, 11) is 2.30. The molecule has 2 fully saturated rings. The number of fused-ring (bicyclic) bond motifs is 1. The fourth-order valence-corrected chi connectivity index (χ4v) is 4.24. The van der Waals surface area contributed by atoms with E-state index in [1.54, 1.807) is 6.33 Å². The van der Waals surface area contributed by atoms with Gasteiger partial charge in [-0.2, -0.15) is 0 Å². The number of aromatic nitrogens is 2. The van der Waals surface area contributed by atoms with E-state index in [9.17, 15) is 0 Å². The van der Waals surface area contributed by atoms with E-state index in [4.69, 9.17) is 0 Å². The number of benzene rings is 1. The third kappa shape index (κ3) is 3.93. The molecule has 5 heteroatoms. The quantitative estimate of drug-likeness (QED) is 0.856. The molecule has 2 aliphatic rings. The molecule has 0 radical (unpaired) electrons. The van der Waals surface area contributed by atoms with Crippen molar-refractivity contribution in [3.8, 4) is 0 Å². The molecular weight excluding hydrogens is 310 g/mol. The van der Waals surface area contributed by atoms with Gasteiger partial charge in [0.1, 0.15) is 6.33 Å². The Labute approximate surface area is 150 Å². The van der Waals surface area contributed by atoms with Crippen LogP contribution in [0.2, 0.25) is 0 Å². The fraction of sp³-hybridized carbons (Fsp3) is 0.600. The van der Waals surface area contributed by atoms with Crippen LogP contribution in [0.1, 0.15) is 25.7 Å². The number of piperazine rings is 1. The summed E-state index contributed by atoms with van der Waals surface area (Å²) < 4.78 is 0. The van der Waals surface area contributed by atoms with Gasteiger partial charge in [0, 0.05) is 49.5 Å². The molecular formula is C20H29N5. The summed E-state index contributed by atoms with van der Waals surface area (Å²) in [4.78, 5) is 16.2. The molecule has 25 heavy (non-hydrogen) atoms. The molecule has 0 spiro atoms. The minimum atomic E-state index is 0.798. The Balaban J connectivity index is 1.30. The third-order valence-electron chi connectivity index (χ3n) is 5.93. The van der Waals surface area contributed by atoms with Gasteiger partial charge in [-0.3, -0.25) is 4.90 Å². The molecule has 3 heterocycles. The van der Waals surface area contributed by atoms with Crippen molar-refractivity contribution in [1.82, 2.24) is 19.8 Å². The third-order valence-corrected chi connectivity index (χ3v) is 5.93.